The summed E-state index contributed by atoms with van der Waals surface area (Å²) in [6.45, 7) is 8.14. The molecule has 0 amide bonds. The Morgan fingerprint density at radius 1 is 1.15 bits per heavy atom. The molecule has 0 atom stereocenters. The quantitative estimate of drug-likeness (QED) is 0.890. The van der Waals surface area contributed by atoms with Crippen LogP contribution < -0.4 is 5.73 Å². The molecule has 20 heavy (non-hydrogen) atoms. The van der Waals surface area contributed by atoms with E-state index < -0.39 is 0 Å². The molecule has 1 aromatic rings. The smallest absolute Gasteiger partial charge is 0.123 e. The van der Waals surface area contributed by atoms with Gasteiger partial charge in [-0.05, 0) is 54.6 Å². The van der Waals surface area contributed by atoms with Crippen molar-refractivity contribution in [3.63, 3.8) is 0 Å². The fourth-order valence-corrected chi connectivity index (χ4v) is 3.32. The molecule has 0 bridgehead atoms. The molecular weight excluding hydrogens is 251 g/mol. The van der Waals surface area contributed by atoms with Gasteiger partial charge >= 0.3 is 0 Å². The molecule has 2 nitrogen and oxygen atoms in total. The summed E-state index contributed by atoms with van der Waals surface area (Å²) in [5.74, 6) is -0.161. The van der Waals surface area contributed by atoms with E-state index in [1.165, 1.54) is 31.7 Å². The number of piperidine rings is 1. The minimum absolute atomic E-state index is 0.161. The zero-order valence-electron chi connectivity index (χ0n) is 12.8. The lowest BCUT2D eigenvalue weighted by atomic mass is 9.74. The van der Waals surface area contributed by atoms with E-state index in [0.717, 1.165) is 30.8 Å². The molecule has 1 aromatic carbocycles. The molecular formula is C17H27FN2. The van der Waals surface area contributed by atoms with Crippen molar-refractivity contribution in [2.24, 2.45) is 11.1 Å². The predicted octanol–water partition coefficient (Wildman–Crippen LogP) is 3.69. The van der Waals surface area contributed by atoms with Crippen LogP contribution in [0.25, 0.3) is 0 Å². The SMILES string of the molecule is CCC1(CC)CCN(Cc2cc(F)ccc2CN)CC1. The van der Waals surface area contributed by atoms with Crippen molar-refractivity contribution in [3.05, 3.63) is 35.1 Å². The number of likely N-dealkylation sites (tertiary alicyclic amines) is 1. The summed E-state index contributed by atoms with van der Waals surface area (Å²) in [6, 6.07) is 4.96. The molecule has 3 heteroatoms. The molecule has 0 aliphatic carbocycles. The Balaban J connectivity index is 2.01. The van der Waals surface area contributed by atoms with Gasteiger partial charge in [0.1, 0.15) is 5.82 Å². The summed E-state index contributed by atoms with van der Waals surface area (Å²) in [4.78, 5) is 2.44. The molecule has 0 spiro atoms. The van der Waals surface area contributed by atoms with Crippen LogP contribution in [-0.2, 0) is 13.1 Å². The lowest BCUT2D eigenvalue weighted by Gasteiger charge is -2.41. The first-order valence-corrected chi connectivity index (χ1v) is 7.82. The maximum atomic E-state index is 13.4. The average molecular weight is 278 g/mol. The summed E-state index contributed by atoms with van der Waals surface area (Å²) in [6.07, 6.45) is 5.05. The number of rotatable bonds is 5. The van der Waals surface area contributed by atoms with Gasteiger partial charge in [-0.2, -0.15) is 0 Å². The van der Waals surface area contributed by atoms with Crippen LogP contribution >= 0.6 is 0 Å². The molecule has 0 saturated carbocycles. The second-order valence-corrected chi connectivity index (χ2v) is 6.10. The van der Waals surface area contributed by atoms with Crippen molar-refractivity contribution in [2.45, 2.75) is 52.6 Å². The number of benzene rings is 1. The average Bonchev–Trinajstić information content (AvgIpc) is 2.49. The van der Waals surface area contributed by atoms with Gasteiger partial charge in [0.2, 0.25) is 0 Å². The Morgan fingerprint density at radius 2 is 1.80 bits per heavy atom. The first-order valence-electron chi connectivity index (χ1n) is 7.82. The molecule has 0 aromatic heterocycles. The van der Waals surface area contributed by atoms with Crippen LogP contribution in [0.1, 0.15) is 50.7 Å². The third kappa shape index (κ3) is 3.39. The van der Waals surface area contributed by atoms with Gasteiger partial charge in [-0.3, -0.25) is 4.90 Å². The highest BCUT2D eigenvalue weighted by molar-refractivity contribution is 5.27. The number of nitrogens with two attached hydrogens (primary N) is 1. The normalized spacial score (nSPS) is 19.2. The van der Waals surface area contributed by atoms with E-state index in [9.17, 15) is 4.39 Å². The highest BCUT2D eigenvalue weighted by Crippen LogP contribution is 2.38. The number of nitrogens with zero attached hydrogens (tertiary/aromatic N) is 1. The van der Waals surface area contributed by atoms with Crippen LogP contribution in [0.4, 0.5) is 4.39 Å². The minimum Gasteiger partial charge on any atom is -0.326 e. The van der Waals surface area contributed by atoms with Gasteiger partial charge in [0.05, 0.1) is 0 Å². The maximum Gasteiger partial charge on any atom is 0.123 e. The Hall–Kier alpha value is -0.930. The lowest BCUT2D eigenvalue weighted by molar-refractivity contribution is 0.0906. The Bertz CT molecular complexity index is 431. The molecule has 0 radical (unpaired) electrons. The van der Waals surface area contributed by atoms with Gasteiger partial charge in [0.15, 0.2) is 0 Å². The van der Waals surface area contributed by atoms with Gasteiger partial charge in [-0.15, -0.1) is 0 Å². The first kappa shape index (κ1) is 15.5. The van der Waals surface area contributed by atoms with Crippen LogP contribution in [0.2, 0.25) is 0 Å². The van der Waals surface area contributed by atoms with Gasteiger partial charge in [-0.25, -0.2) is 4.39 Å². The van der Waals surface area contributed by atoms with Crippen molar-refractivity contribution in [1.29, 1.82) is 0 Å². The van der Waals surface area contributed by atoms with Crippen LogP contribution in [0.5, 0.6) is 0 Å². The van der Waals surface area contributed by atoms with Crippen LogP contribution in [0.3, 0.4) is 0 Å². The van der Waals surface area contributed by atoms with Gasteiger partial charge < -0.3 is 5.73 Å². The van der Waals surface area contributed by atoms with E-state index in [-0.39, 0.29) is 5.82 Å². The molecule has 1 aliphatic rings. The molecule has 2 N–H and O–H groups in total. The van der Waals surface area contributed by atoms with Crippen molar-refractivity contribution in [2.75, 3.05) is 13.1 Å². The summed E-state index contributed by atoms with van der Waals surface area (Å²) < 4.78 is 13.4. The van der Waals surface area contributed by atoms with E-state index in [0.29, 0.717) is 12.0 Å². The first-order chi connectivity index (χ1) is 9.62. The Labute approximate surface area is 122 Å². The zero-order valence-corrected chi connectivity index (χ0v) is 12.8. The van der Waals surface area contributed by atoms with E-state index in [2.05, 4.69) is 18.7 Å². The van der Waals surface area contributed by atoms with Gasteiger partial charge in [-0.1, -0.05) is 32.8 Å². The standard InChI is InChI=1S/C17H27FN2/c1-3-17(4-2)7-9-20(10-8-17)13-15-11-16(18)6-5-14(15)12-19/h5-6,11H,3-4,7-10,12-13,19H2,1-2H3. The minimum atomic E-state index is -0.161. The van der Waals surface area contributed by atoms with Crippen LogP contribution in [0.15, 0.2) is 18.2 Å². The monoisotopic (exact) mass is 278 g/mol. The van der Waals surface area contributed by atoms with E-state index in [1.807, 2.05) is 6.07 Å². The fraction of sp³-hybridized carbons (Fsp3) is 0.647. The highest BCUT2D eigenvalue weighted by atomic mass is 19.1. The summed E-state index contributed by atoms with van der Waals surface area (Å²) in [7, 11) is 0. The van der Waals surface area contributed by atoms with E-state index in [4.69, 9.17) is 5.73 Å². The fourth-order valence-electron chi connectivity index (χ4n) is 3.32. The summed E-state index contributed by atoms with van der Waals surface area (Å²) >= 11 is 0. The van der Waals surface area contributed by atoms with Crippen molar-refractivity contribution < 1.29 is 4.39 Å². The zero-order chi connectivity index (χ0) is 14.6. The third-order valence-corrected chi connectivity index (χ3v) is 5.20. The van der Waals surface area contributed by atoms with Crippen molar-refractivity contribution >= 4 is 0 Å². The van der Waals surface area contributed by atoms with Gasteiger partial charge in [0, 0.05) is 13.1 Å². The number of halogens is 1. The van der Waals surface area contributed by atoms with E-state index >= 15 is 0 Å². The summed E-state index contributed by atoms with van der Waals surface area (Å²) in [5, 5.41) is 0. The van der Waals surface area contributed by atoms with Crippen molar-refractivity contribution in [1.82, 2.24) is 4.90 Å². The van der Waals surface area contributed by atoms with Gasteiger partial charge in [0.25, 0.3) is 0 Å². The molecule has 0 unspecified atom stereocenters. The maximum absolute atomic E-state index is 13.4. The largest absolute Gasteiger partial charge is 0.326 e. The second kappa shape index (κ2) is 6.68. The highest BCUT2D eigenvalue weighted by Gasteiger charge is 2.31. The molecule has 1 saturated heterocycles. The molecule has 1 aliphatic heterocycles. The lowest BCUT2D eigenvalue weighted by Crippen LogP contribution is -2.39. The summed E-state index contributed by atoms with van der Waals surface area (Å²) in [5.41, 5.74) is 8.40. The molecule has 2 rings (SSSR count). The number of hydrogen-bond acceptors (Lipinski definition) is 2. The van der Waals surface area contributed by atoms with E-state index in [1.54, 1.807) is 6.07 Å². The molecule has 1 fully saturated rings. The Morgan fingerprint density at radius 3 is 2.35 bits per heavy atom. The number of hydrogen-bond donors (Lipinski definition) is 1. The second-order valence-electron chi connectivity index (χ2n) is 6.10. The predicted molar refractivity (Wildman–Crippen MR) is 81.8 cm³/mol. The van der Waals surface area contributed by atoms with Crippen LogP contribution in [0, 0.1) is 11.2 Å². The molecule has 112 valence electrons. The van der Waals surface area contributed by atoms with Crippen molar-refractivity contribution in [3.8, 4) is 0 Å². The third-order valence-electron chi connectivity index (χ3n) is 5.20. The van der Waals surface area contributed by atoms with Crippen LogP contribution in [-0.4, -0.2) is 18.0 Å². The topological polar surface area (TPSA) is 29.3 Å². The Kier molecular flexibility index (Phi) is 5.17. The molecule has 1 heterocycles.